The molecule has 1 unspecified atom stereocenters. The summed E-state index contributed by atoms with van der Waals surface area (Å²) in [4.78, 5) is 14.6. The van der Waals surface area contributed by atoms with Crippen LogP contribution in [0.15, 0.2) is 30.3 Å². The highest BCUT2D eigenvalue weighted by atomic mass is 16.2. The molecular weight excluding hydrogens is 272 g/mol. The van der Waals surface area contributed by atoms with E-state index in [9.17, 15) is 4.79 Å². The third-order valence-electron chi connectivity index (χ3n) is 4.38. The SMILES string of the molecule is CC(C)CN(CCc1ccccc1)C(=O)CCC1CCNC1. The third kappa shape index (κ3) is 5.80. The van der Waals surface area contributed by atoms with Crippen molar-refractivity contribution in [2.24, 2.45) is 11.8 Å². The molecule has 1 fully saturated rings. The van der Waals surface area contributed by atoms with Crippen molar-refractivity contribution in [3.8, 4) is 0 Å². The number of rotatable bonds is 8. The number of amides is 1. The molecule has 0 spiro atoms. The van der Waals surface area contributed by atoms with Gasteiger partial charge >= 0.3 is 0 Å². The van der Waals surface area contributed by atoms with Gasteiger partial charge in [-0.25, -0.2) is 0 Å². The molecule has 122 valence electrons. The maximum Gasteiger partial charge on any atom is 0.222 e. The van der Waals surface area contributed by atoms with Crippen LogP contribution in [0.1, 0.15) is 38.7 Å². The second-order valence-corrected chi connectivity index (χ2v) is 6.87. The van der Waals surface area contributed by atoms with Crippen molar-refractivity contribution < 1.29 is 4.79 Å². The summed E-state index contributed by atoms with van der Waals surface area (Å²) in [7, 11) is 0. The predicted molar refractivity (Wildman–Crippen MR) is 91.8 cm³/mol. The van der Waals surface area contributed by atoms with E-state index in [2.05, 4.69) is 48.3 Å². The summed E-state index contributed by atoms with van der Waals surface area (Å²) in [6.07, 6.45) is 3.91. The fourth-order valence-electron chi connectivity index (χ4n) is 3.11. The molecule has 1 amide bonds. The van der Waals surface area contributed by atoms with E-state index in [-0.39, 0.29) is 0 Å². The van der Waals surface area contributed by atoms with Gasteiger partial charge in [-0.2, -0.15) is 0 Å². The van der Waals surface area contributed by atoms with E-state index < -0.39 is 0 Å². The van der Waals surface area contributed by atoms with Crippen molar-refractivity contribution in [3.63, 3.8) is 0 Å². The highest BCUT2D eigenvalue weighted by Crippen LogP contribution is 2.16. The highest BCUT2D eigenvalue weighted by molar-refractivity contribution is 5.76. The Kier molecular flexibility index (Phi) is 6.91. The lowest BCUT2D eigenvalue weighted by Gasteiger charge is -2.25. The summed E-state index contributed by atoms with van der Waals surface area (Å²) < 4.78 is 0. The van der Waals surface area contributed by atoms with E-state index in [1.807, 2.05) is 6.07 Å². The number of benzene rings is 1. The molecule has 0 bridgehead atoms. The molecule has 1 aliphatic heterocycles. The first-order valence-electron chi connectivity index (χ1n) is 8.67. The van der Waals surface area contributed by atoms with Crippen LogP contribution in [0.4, 0.5) is 0 Å². The number of carbonyl (C=O) groups is 1. The molecule has 0 saturated carbocycles. The maximum atomic E-state index is 12.6. The first kappa shape index (κ1) is 17.0. The zero-order valence-corrected chi connectivity index (χ0v) is 14.1. The summed E-state index contributed by atoms with van der Waals surface area (Å²) in [6, 6.07) is 10.5. The molecule has 0 aliphatic carbocycles. The van der Waals surface area contributed by atoms with Crippen molar-refractivity contribution in [3.05, 3.63) is 35.9 Å². The van der Waals surface area contributed by atoms with E-state index in [0.29, 0.717) is 24.2 Å². The molecule has 1 atom stereocenters. The van der Waals surface area contributed by atoms with Gasteiger partial charge in [0, 0.05) is 19.5 Å². The van der Waals surface area contributed by atoms with Gasteiger partial charge < -0.3 is 10.2 Å². The van der Waals surface area contributed by atoms with Gasteiger partial charge in [-0.15, -0.1) is 0 Å². The molecule has 1 aromatic rings. The molecule has 3 nitrogen and oxygen atoms in total. The minimum absolute atomic E-state index is 0.330. The van der Waals surface area contributed by atoms with Crippen LogP contribution in [0.25, 0.3) is 0 Å². The molecule has 2 rings (SSSR count). The number of nitrogens with one attached hydrogen (secondary N) is 1. The lowest BCUT2D eigenvalue weighted by Crippen LogP contribution is -2.36. The maximum absolute atomic E-state index is 12.6. The molecule has 1 heterocycles. The zero-order chi connectivity index (χ0) is 15.8. The fraction of sp³-hybridized carbons (Fsp3) is 0.632. The van der Waals surface area contributed by atoms with E-state index in [1.165, 1.54) is 12.0 Å². The molecule has 22 heavy (non-hydrogen) atoms. The number of hydrogen-bond donors (Lipinski definition) is 1. The summed E-state index contributed by atoms with van der Waals surface area (Å²) in [5.41, 5.74) is 1.31. The molecule has 1 aromatic carbocycles. The van der Waals surface area contributed by atoms with E-state index in [4.69, 9.17) is 0 Å². The van der Waals surface area contributed by atoms with Crippen molar-refractivity contribution in [1.82, 2.24) is 10.2 Å². The van der Waals surface area contributed by atoms with Crippen molar-refractivity contribution in [2.45, 2.75) is 39.5 Å². The Labute approximate surface area is 135 Å². The van der Waals surface area contributed by atoms with Crippen LogP contribution in [0.2, 0.25) is 0 Å². The number of hydrogen-bond acceptors (Lipinski definition) is 2. The Hall–Kier alpha value is -1.35. The summed E-state index contributed by atoms with van der Waals surface area (Å²) >= 11 is 0. The Balaban J connectivity index is 1.82. The normalized spacial score (nSPS) is 17.9. The van der Waals surface area contributed by atoms with Crippen molar-refractivity contribution in [2.75, 3.05) is 26.2 Å². The summed E-state index contributed by atoms with van der Waals surface area (Å²) in [5.74, 6) is 1.54. The second kappa shape index (κ2) is 8.94. The molecule has 0 aromatic heterocycles. The van der Waals surface area contributed by atoms with Crippen molar-refractivity contribution in [1.29, 1.82) is 0 Å². The first-order chi connectivity index (χ1) is 10.6. The average molecular weight is 302 g/mol. The Morgan fingerprint density at radius 2 is 2.09 bits per heavy atom. The minimum atomic E-state index is 0.330. The average Bonchev–Trinajstić information content (AvgIpc) is 3.03. The molecule has 1 aliphatic rings. The van der Waals surface area contributed by atoms with Gasteiger partial charge in [0.1, 0.15) is 0 Å². The Bertz CT molecular complexity index is 438. The van der Waals surface area contributed by atoms with Crippen LogP contribution in [-0.2, 0) is 11.2 Å². The number of carbonyl (C=O) groups excluding carboxylic acids is 1. The third-order valence-corrected chi connectivity index (χ3v) is 4.38. The monoisotopic (exact) mass is 302 g/mol. The molecular formula is C19H30N2O. The molecule has 3 heteroatoms. The Morgan fingerprint density at radius 1 is 1.32 bits per heavy atom. The van der Waals surface area contributed by atoms with Gasteiger partial charge in [-0.3, -0.25) is 4.79 Å². The molecule has 1 saturated heterocycles. The smallest absolute Gasteiger partial charge is 0.222 e. The highest BCUT2D eigenvalue weighted by Gasteiger charge is 2.19. The van der Waals surface area contributed by atoms with E-state index >= 15 is 0 Å². The number of nitrogens with zero attached hydrogens (tertiary/aromatic N) is 1. The topological polar surface area (TPSA) is 32.3 Å². The summed E-state index contributed by atoms with van der Waals surface area (Å²) in [6.45, 7) is 8.27. The van der Waals surface area contributed by atoms with Gasteiger partial charge in [0.25, 0.3) is 0 Å². The quantitative estimate of drug-likeness (QED) is 0.800. The lowest BCUT2D eigenvalue weighted by atomic mass is 10.0. The lowest BCUT2D eigenvalue weighted by molar-refractivity contribution is -0.132. The van der Waals surface area contributed by atoms with Gasteiger partial charge in [-0.05, 0) is 49.8 Å². The van der Waals surface area contributed by atoms with Crippen LogP contribution >= 0.6 is 0 Å². The Morgan fingerprint density at radius 3 is 2.73 bits per heavy atom. The zero-order valence-electron chi connectivity index (χ0n) is 14.1. The van der Waals surface area contributed by atoms with E-state index in [0.717, 1.165) is 39.0 Å². The van der Waals surface area contributed by atoms with Gasteiger partial charge in [0.15, 0.2) is 0 Å². The fourth-order valence-corrected chi connectivity index (χ4v) is 3.11. The van der Waals surface area contributed by atoms with Gasteiger partial charge in [-0.1, -0.05) is 44.2 Å². The molecule has 1 N–H and O–H groups in total. The van der Waals surface area contributed by atoms with Crippen molar-refractivity contribution >= 4 is 5.91 Å². The van der Waals surface area contributed by atoms with Crippen LogP contribution < -0.4 is 5.32 Å². The summed E-state index contributed by atoms with van der Waals surface area (Å²) in [5, 5.41) is 3.38. The molecule has 0 radical (unpaired) electrons. The van der Waals surface area contributed by atoms with Crippen LogP contribution in [-0.4, -0.2) is 37.0 Å². The predicted octanol–water partition coefficient (Wildman–Crippen LogP) is 3.10. The minimum Gasteiger partial charge on any atom is -0.342 e. The second-order valence-electron chi connectivity index (χ2n) is 6.87. The standard InChI is InChI=1S/C19H30N2O/c1-16(2)15-21(13-11-17-6-4-3-5-7-17)19(22)9-8-18-10-12-20-14-18/h3-7,16,18,20H,8-15H2,1-2H3. The largest absolute Gasteiger partial charge is 0.342 e. The van der Waals surface area contributed by atoms with Gasteiger partial charge in [0.2, 0.25) is 5.91 Å². The first-order valence-corrected chi connectivity index (χ1v) is 8.67. The van der Waals surface area contributed by atoms with Crippen LogP contribution in [0.3, 0.4) is 0 Å². The van der Waals surface area contributed by atoms with E-state index in [1.54, 1.807) is 0 Å². The van der Waals surface area contributed by atoms with Crippen LogP contribution in [0, 0.1) is 11.8 Å². The van der Waals surface area contributed by atoms with Gasteiger partial charge in [0.05, 0.1) is 0 Å². The van der Waals surface area contributed by atoms with Crippen LogP contribution in [0.5, 0.6) is 0 Å².